The Morgan fingerprint density at radius 3 is 2.77 bits per heavy atom. The minimum atomic E-state index is 0.210. The fraction of sp³-hybridized carbons (Fsp3) is 0.667. The summed E-state index contributed by atoms with van der Waals surface area (Å²) in [6, 6.07) is 8.38. The number of aliphatic imine (C=N–C) groups is 1. The molecule has 144 valence electrons. The first-order valence-electron chi connectivity index (χ1n) is 9.97. The molecule has 3 rings (SSSR count). The van der Waals surface area contributed by atoms with Gasteiger partial charge in [0.15, 0.2) is 5.96 Å². The molecule has 1 aromatic rings. The van der Waals surface area contributed by atoms with Crippen LogP contribution >= 0.6 is 0 Å². The van der Waals surface area contributed by atoms with E-state index in [4.69, 9.17) is 14.5 Å². The Balaban J connectivity index is 1.54. The Hall–Kier alpha value is -1.75. The van der Waals surface area contributed by atoms with Crippen LogP contribution in [0.25, 0.3) is 0 Å². The van der Waals surface area contributed by atoms with Gasteiger partial charge < -0.3 is 19.7 Å². The Kier molecular flexibility index (Phi) is 6.41. The van der Waals surface area contributed by atoms with Crippen molar-refractivity contribution in [2.24, 2.45) is 10.4 Å². The molecule has 1 unspecified atom stereocenters. The first-order chi connectivity index (χ1) is 12.6. The molecule has 2 saturated heterocycles. The number of nitrogens with one attached hydrogen (secondary N) is 1. The molecular weight excluding hydrogens is 326 g/mol. The van der Waals surface area contributed by atoms with Crippen molar-refractivity contribution in [3.63, 3.8) is 0 Å². The molecule has 0 radical (unpaired) electrons. The third kappa shape index (κ3) is 4.91. The van der Waals surface area contributed by atoms with Crippen LogP contribution in [0.5, 0.6) is 5.75 Å². The smallest absolute Gasteiger partial charge is 0.193 e. The van der Waals surface area contributed by atoms with Gasteiger partial charge in [0.2, 0.25) is 0 Å². The molecular formula is C21H33N3O2. The summed E-state index contributed by atoms with van der Waals surface area (Å²) in [4.78, 5) is 7.29. The van der Waals surface area contributed by atoms with E-state index >= 15 is 0 Å². The molecule has 1 spiro atoms. The maximum atomic E-state index is 5.70. The number of likely N-dealkylation sites (tertiary alicyclic amines) is 1. The lowest BCUT2D eigenvalue weighted by Crippen LogP contribution is -2.41. The van der Waals surface area contributed by atoms with Crippen molar-refractivity contribution in [3.05, 3.63) is 29.8 Å². The highest BCUT2D eigenvalue weighted by Crippen LogP contribution is 2.38. The van der Waals surface area contributed by atoms with Gasteiger partial charge in [0.1, 0.15) is 5.75 Å². The average Bonchev–Trinajstić information content (AvgIpc) is 3.25. The number of hydrogen-bond acceptors (Lipinski definition) is 3. The predicted octanol–water partition coefficient (Wildman–Crippen LogP) is 3.09. The molecule has 0 bridgehead atoms. The summed E-state index contributed by atoms with van der Waals surface area (Å²) in [7, 11) is 0. The second kappa shape index (κ2) is 8.76. The van der Waals surface area contributed by atoms with Gasteiger partial charge in [-0.2, -0.15) is 0 Å². The van der Waals surface area contributed by atoms with Gasteiger partial charge in [0, 0.05) is 38.2 Å². The lowest BCUT2D eigenvalue weighted by atomic mass is 9.87. The topological polar surface area (TPSA) is 46.1 Å². The predicted molar refractivity (Wildman–Crippen MR) is 106 cm³/mol. The SMILES string of the molecule is CCNC(=NCCc1ccc(OC(C)C)cc1)N1CCC2(CCOC2)C1. The number of benzene rings is 1. The molecule has 0 aliphatic carbocycles. The van der Waals surface area contributed by atoms with Gasteiger partial charge in [-0.1, -0.05) is 12.1 Å². The second-order valence-corrected chi connectivity index (χ2v) is 7.77. The van der Waals surface area contributed by atoms with E-state index in [-0.39, 0.29) is 6.10 Å². The molecule has 5 heteroatoms. The van der Waals surface area contributed by atoms with Crippen LogP contribution in [-0.4, -0.2) is 56.4 Å². The fourth-order valence-electron chi connectivity index (χ4n) is 3.81. The van der Waals surface area contributed by atoms with Crippen LogP contribution in [0, 0.1) is 5.41 Å². The monoisotopic (exact) mass is 359 g/mol. The summed E-state index contributed by atoms with van der Waals surface area (Å²) in [5, 5.41) is 3.46. The average molecular weight is 360 g/mol. The lowest BCUT2D eigenvalue weighted by molar-refractivity contribution is 0.156. The summed E-state index contributed by atoms with van der Waals surface area (Å²) in [5.41, 5.74) is 1.66. The van der Waals surface area contributed by atoms with E-state index in [2.05, 4.69) is 41.4 Å². The van der Waals surface area contributed by atoms with E-state index < -0.39 is 0 Å². The number of hydrogen-bond donors (Lipinski definition) is 1. The highest BCUT2D eigenvalue weighted by molar-refractivity contribution is 5.80. The number of guanidine groups is 1. The number of rotatable bonds is 6. The second-order valence-electron chi connectivity index (χ2n) is 7.77. The summed E-state index contributed by atoms with van der Waals surface area (Å²) >= 11 is 0. The van der Waals surface area contributed by atoms with E-state index in [1.54, 1.807) is 0 Å². The van der Waals surface area contributed by atoms with Crippen molar-refractivity contribution in [1.82, 2.24) is 10.2 Å². The van der Waals surface area contributed by atoms with Gasteiger partial charge in [-0.25, -0.2) is 0 Å². The minimum absolute atomic E-state index is 0.210. The van der Waals surface area contributed by atoms with Gasteiger partial charge in [-0.05, 0) is 57.7 Å². The first-order valence-corrected chi connectivity index (χ1v) is 9.97. The van der Waals surface area contributed by atoms with Crippen LogP contribution in [0.3, 0.4) is 0 Å². The van der Waals surface area contributed by atoms with E-state index in [0.717, 1.165) is 57.5 Å². The number of nitrogens with zero attached hydrogens (tertiary/aromatic N) is 2. The van der Waals surface area contributed by atoms with Crippen molar-refractivity contribution in [3.8, 4) is 5.75 Å². The Bertz CT molecular complexity index is 592. The standard InChI is InChI=1S/C21H33N3O2/c1-4-22-20(24-13-10-21(15-24)11-14-25-16-21)23-12-9-18-5-7-19(8-6-18)26-17(2)3/h5-8,17H,4,9-16H2,1-3H3,(H,22,23). The Morgan fingerprint density at radius 2 is 2.12 bits per heavy atom. The normalized spacial score (nSPS) is 23.2. The Morgan fingerprint density at radius 1 is 1.31 bits per heavy atom. The van der Waals surface area contributed by atoms with Crippen LogP contribution in [0.15, 0.2) is 29.3 Å². The number of ether oxygens (including phenoxy) is 2. The van der Waals surface area contributed by atoms with Crippen molar-refractivity contribution < 1.29 is 9.47 Å². The van der Waals surface area contributed by atoms with Gasteiger partial charge in [-0.3, -0.25) is 4.99 Å². The summed E-state index contributed by atoms with van der Waals surface area (Å²) in [6.07, 6.45) is 3.56. The van der Waals surface area contributed by atoms with Gasteiger partial charge >= 0.3 is 0 Å². The molecule has 5 nitrogen and oxygen atoms in total. The molecule has 2 heterocycles. The highest BCUT2D eigenvalue weighted by Gasteiger charge is 2.42. The zero-order chi connectivity index (χ0) is 18.4. The van der Waals surface area contributed by atoms with E-state index in [0.29, 0.717) is 5.41 Å². The summed E-state index contributed by atoms with van der Waals surface area (Å²) in [5.74, 6) is 1.98. The van der Waals surface area contributed by atoms with Crippen molar-refractivity contribution >= 4 is 5.96 Å². The molecule has 0 saturated carbocycles. The molecule has 1 N–H and O–H groups in total. The molecule has 1 aromatic carbocycles. The van der Waals surface area contributed by atoms with Crippen LogP contribution in [0.2, 0.25) is 0 Å². The third-order valence-electron chi connectivity index (χ3n) is 5.21. The maximum Gasteiger partial charge on any atom is 0.193 e. The zero-order valence-electron chi connectivity index (χ0n) is 16.5. The minimum Gasteiger partial charge on any atom is -0.491 e. The largest absolute Gasteiger partial charge is 0.491 e. The lowest BCUT2D eigenvalue weighted by Gasteiger charge is -2.25. The fourth-order valence-corrected chi connectivity index (χ4v) is 3.81. The van der Waals surface area contributed by atoms with Gasteiger partial charge in [0.05, 0.1) is 12.7 Å². The summed E-state index contributed by atoms with van der Waals surface area (Å²) < 4.78 is 11.3. The summed E-state index contributed by atoms with van der Waals surface area (Å²) in [6.45, 7) is 11.9. The van der Waals surface area contributed by atoms with Crippen LogP contribution in [0.1, 0.15) is 39.2 Å². The highest BCUT2D eigenvalue weighted by atomic mass is 16.5. The third-order valence-corrected chi connectivity index (χ3v) is 5.21. The zero-order valence-corrected chi connectivity index (χ0v) is 16.5. The van der Waals surface area contributed by atoms with Crippen molar-refractivity contribution in [1.29, 1.82) is 0 Å². The maximum absolute atomic E-state index is 5.70. The van der Waals surface area contributed by atoms with Crippen LogP contribution < -0.4 is 10.1 Å². The van der Waals surface area contributed by atoms with E-state index in [1.165, 1.54) is 18.4 Å². The van der Waals surface area contributed by atoms with E-state index in [9.17, 15) is 0 Å². The molecule has 0 amide bonds. The molecule has 2 aliphatic heterocycles. The molecule has 26 heavy (non-hydrogen) atoms. The van der Waals surface area contributed by atoms with Crippen LogP contribution in [-0.2, 0) is 11.2 Å². The Labute approximate surface area is 157 Å². The molecule has 0 aromatic heterocycles. The quantitative estimate of drug-likeness (QED) is 0.626. The van der Waals surface area contributed by atoms with Crippen molar-refractivity contribution in [2.45, 2.75) is 46.1 Å². The van der Waals surface area contributed by atoms with Gasteiger partial charge in [-0.15, -0.1) is 0 Å². The molecule has 2 aliphatic rings. The first kappa shape index (κ1) is 19.0. The van der Waals surface area contributed by atoms with Crippen LogP contribution in [0.4, 0.5) is 0 Å². The molecule has 2 fully saturated rings. The van der Waals surface area contributed by atoms with E-state index in [1.807, 2.05) is 13.8 Å². The van der Waals surface area contributed by atoms with Crippen molar-refractivity contribution in [2.75, 3.05) is 39.4 Å². The molecule has 1 atom stereocenters. The van der Waals surface area contributed by atoms with Gasteiger partial charge in [0.25, 0.3) is 0 Å².